The van der Waals surface area contributed by atoms with E-state index in [0.717, 1.165) is 25.7 Å². The minimum absolute atomic E-state index is 0.224. The van der Waals surface area contributed by atoms with Gasteiger partial charge in [-0.2, -0.15) is 0 Å². The normalized spacial score (nSPS) is 22.8. The van der Waals surface area contributed by atoms with Crippen molar-refractivity contribution in [3.8, 4) is 0 Å². The molecule has 0 aliphatic heterocycles. The molecule has 0 saturated heterocycles. The number of aliphatic hydroxyl groups excluding tert-OH is 1. The van der Waals surface area contributed by atoms with Crippen LogP contribution in [0.1, 0.15) is 43.0 Å². The molecule has 3 nitrogen and oxygen atoms in total. The van der Waals surface area contributed by atoms with Crippen molar-refractivity contribution in [2.24, 2.45) is 11.8 Å². The number of hydrogen-bond acceptors (Lipinski definition) is 3. The zero-order valence-corrected chi connectivity index (χ0v) is 12.6. The minimum atomic E-state index is -0.411. The standard InChI is InChI=1S/C18H24O3/c1-2-3-5-10-17(19)16-12-11-15(16)13-21-18(20)14-8-6-4-7-9-14/h4-10,15-17,19H,2-3,11-13H2,1H3/b10-5+/t15?,16?,17-/m0/s1. The highest BCUT2D eigenvalue weighted by molar-refractivity contribution is 5.89. The van der Waals surface area contributed by atoms with Gasteiger partial charge in [-0.15, -0.1) is 0 Å². The SMILES string of the molecule is CCC/C=C/[C@H](O)C1CCC1COC(=O)c1ccccc1. The minimum Gasteiger partial charge on any atom is -0.462 e. The fraction of sp³-hybridized carbons (Fsp3) is 0.500. The van der Waals surface area contributed by atoms with E-state index in [4.69, 9.17) is 4.74 Å². The lowest BCUT2D eigenvalue weighted by Crippen LogP contribution is -2.38. The summed E-state index contributed by atoms with van der Waals surface area (Å²) < 4.78 is 5.36. The lowest BCUT2D eigenvalue weighted by molar-refractivity contribution is -0.00783. The van der Waals surface area contributed by atoms with Gasteiger partial charge in [-0.3, -0.25) is 0 Å². The van der Waals surface area contributed by atoms with Gasteiger partial charge in [-0.05, 0) is 43.2 Å². The lowest BCUT2D eigenvalue weighted by Gasteiger charge is -2.38. The fourth-order valence-electron chi connectivity index (χ4n) is 2.64. The number of hydrogen-bond donors (Lipinski definition) is 1. The predicted molar refractivity (Wildman–Crippen MR) is 83.0 cm³/mol. The van der Waals surface area contributed by atoms with Gasteiger partial charge in [0.05, 0.1) is 18.3 Å². The molecule has 2 rings (SSSR count). The first-order chi connectivity index (χ1) is 10.2. The van der Waals surface area contributed by atoms with Gasteiger partial charge in [-0.1, -0.05) is 43.7 Å². The Morgan fingerprint density at radius 1 is 1.38 bits per heavy atom. The van der Waals surface area contributed by atoms with E-state index >= 15 is 0 Å². The van der Waals surface area contributed by atoms with Gasteiger partial charge in [0.15, 0.2) is 0 Å². The highest BCUT2D eigenvalue weighted by Gasteiger charge is 2.35. The summed E-state index contributed by atoms with van der Waals surface area (Å²) in [4.78, 5) is 11.9. The van der Waals surface area contributed by atoms with Crippen LogP contribution in [-0.2, 0) is 4.74 Å². The number of aliphatic hydroxyl groups is 1. The predicted octanol–water partition coefficient (Wildman–Crippen LogP) is 3.59. The Balaban J connectivity index is 1.77. The van der Waals surface area contributed by atoms with Crippen LogP contribution in [0.5, 0.6) is 0 Å². The van der Waals surface area contributed by atoms with Crippen molar-refractivity contribution in [2.75, 3.05) is 6.61 Å². The maximum Gasteiger partial charge on any atom is 0.338 e. The van der Waals surface area contributed by atoms with Crippen LogP contribution >= 0.6 is 0 Å². The molecule has 0 amide bonds. The molecule has 3 heteroatoms. The Labute approximate surface area is 126 Å². The van der Waals surface area contributed by atoms with Crippen LogP contribution in [0.3, 0.4) is 0 Å². The Morgan fingerprint density at radius 3 is 2.76 bits per heavy atom. The monoisotopic (exact) mass is 288 g/mol. The number of rotatable bonds is 7. The summed E-state index contributed by atoms with van der Waals surface area (Å²) in [5, 5.41) is 10.1. The van der Waals surface area contributed by atoms with Crippen LogP contribution in [-0.4, -0.2) is 23.8 Å². The van der Waals surface area contributed by atoms with Crippen molar-refractivity contribution in [2.45, 2.75) is 38.7 Å². The van der Waals surface area contributed by atoms with E-state index in [2.05, 4.69) is 6.92 Å². The van der Waals surface area contributed by atoms with Crippen LogP contribution < -0.4 is 0 Å². The number of unbranched alkanes of at least 4 members (excludes halogenated alkanes) is 1. The van der Waals surface area contributed by atoms with Crippen LogP contribution in [0.15, 0.2) is 42.5 Å². The van der Waals surface area contributed by atoms with Gasteiger partial charge in [0, 0.05) is 0 Å². The first-order valence-corrected chi connectivity index (χ1v) is 7.79. The molecule has 1 aliphatic carbocycles. The molecule has 0 bridgehead atoms. The molecule has 1 aliphatic rings. The molecule has 2 unspecified atom stereocenters. The third-order valence-electron chi connectivity index (χ3n) is 4.14. The highest BCUT2D eigenvalue weighted by Crippen LogP contribution is 2.37. The lowest BCUT2D eigenvalue weighted by atomic mass is 9.71. The summed E-state index contributed by atoms with van der Waals surface area (Å²) in [6.45, 7) is 2.52. The van der Waals surface area contributed by atoms with Crippen molar-refractivity contribution in [3.05, 3.63) is 48.0 Å². The average Bonchev–Trinajstić information content (AvgIpc) is 2.47. The Kier molecular flexibility index (Phi) is 6.00. The fourth-order valence-corrected chi connectivity index (χ4v) is 2.64. The maximum atomic E-state index is 11.9. The highest BCUT2D eigenvalue weighted by atomic mass is 16.5. The van der Waals surface area contributed by atoms with E-state index in [1.165, 1.54) is 0 Å². The quantitative estimate of drug-likeness (QED) is 0.616. The van der Waals surface area contributed by atoms with Crippen molar-refractivity contribution in [1.29, 1.82) is 0 Å². The van der Waals surface area contributed by atoms with Gasteiger partial charge in [0.25, 0.3) is 0 Å². The number of carbonyl (C=O) groups excluding carboxylic acids is 1. The molecule has 0 spiro atoms. The van der Waals surface area contributed by atoms with E-state index in [0.29, 0.717) is 12.2 Å². The summed E-state index contributed by atoms with van der Waals surface area (Å²) in [5.41, 5.74) is 0.580. The topological polar surface area (TPSA) is 46.5 Å². The van der Waals surface area contributed by atoms with Gasteiger partial charge in [0.1, 0.15) is 0 Å². The summed E-state index contributed by atoms with van der Waals surface area (Å²) >= 11 is 0. The van der Waals surface area contributed by atoms with Crippen molar-refractivity contribution in [3.63, 3.8) is 0 Å². The molecule has 1 saturated carbocycles. The second-order valence-electron chi connectivity index (χ2n) is 5.67. The number of ether oxygens (including phenoxy) is 1. The molecule has 1 aromatic rings. The molecule has 21 heavy (non-hydrogen) atoms. The molecule has 0 radical (unpaired) electrons. The van der Waals surface area contributed by atoms with Gasteiger partial charge < -0.3 is 9.84 Å². The average molecular weight is 288 g/mol. The Hall–Kier alpha value is -1.61. The van der Waals surface area contributed by atoms with Gasteiger partial charge in [0.2, 0.25) is 0 Å². The van der Waals surface area contributed by atoms with Crippen molar-refractivity contribution < 1.29 is 14.6 Å². The van der Waals surface area contributed by atoms with E-state index in [-0.39, 0.29) is 17.8 Å². The Bertz CT molecular complexity index is 467. The molecule has 114 valence electrons. The van der Waals surface area contributed by atoms with E-state index in [1.54, 1.807) is 12.1 Å². The second kappa shape index (κ2) is 7.99. The molecule has 3 atom stereocenters. The smallest absolute Gasteiger partial charge is 0.338 e. The molecule has 0 heterocycles. The van der Waals surface area contributed by atoms with E-state index < -0.39 is 6.10 Å². The third kappa shape index (κ3) is 4.43. The van der Waals surface area contributed by atoms with Gasteiger partial charge >= 0.3 is 5.97 Å². The summed E-state index contributed by atoms with van der Waals surface area (Å²) in [6.07, 6.45) is 7.63. The number of esters is 1. The third-order valence-corrected chi connectivity index (χ3v) is 4.14. The Morgan fingerprint density at radius 2 is 2.14 bits per heavy atom. The number of allylic oxidation sites excluding steroid dienone is 1. The molecular formula is C18H24O3. The summed E-state index contributed by atoms with van der Waals surface area (Å²) in [7, 11) is 0. The van der Waals surface area contributed by atoms with E-state index in [1.807, 2.05) is 30.4 Å². The molecule has 0 aromatic heterocycles. The zero-order chi connectivity index (χ0) is 15.1. The number of carbonyl (C=O) groups is 1. The molecule has 1 fully saturated rings. The van der Waals surface area contributed by atoms with Gasteiger partial charge in [-0.25, -0.2) is 4.79 Å². The van der Waals surface area contributed by atoms with Crippen molar-refractivity contribution in [1.82, 2.24) is 0 Å². The van der Waals surface area contributed by atoms with Crippen LogP contribution in [0, 0.1) is 11.8 Å². The molecule has 1 aromatic carbocycles. The first-order valence-electron chi connectivity index (χ1n) is 7.79. The summed E-state index contributed by atoms with van der Waals surface area (Å²) in [5.74, 6) is 0.220. The van der Waals surface area contributed by atoms with Crippen molar-refractivity contribution >= 4 is 5.97 Å². The first kappa shape index (κ1) is 15.8. The zero-order valence-electron chi connectivity index (χ0n) is 12.6. The van der Waals surface area contributed by atoms with Crippen LogP contribution in [0.4, 0.5) is 0 Å². The maximum absolute atomic E-state index is 11.9. The van der Waals surface area contributed by atoms with E-state index in [9.17, 15) is 9.90 Å². The summed E-state index contributed by atoms with van der Waals surface area (Å²) in [6, 6.07) is 9.03. The number of benzene rings is 1. The second-order valence-corrected chi connectivity index (χ2v) is 5.67. The van der Waals surface area contributed by atoms with Crippen LogP contribution in [0.2, 0.25) is 0 Å². The van der Waals surface area contributed by atoms with Crippen LogP contribution in [0.25, 0.3) is 0 Å². The molecular weight excluding hydrogens is 264 g/mol. The molecule has 1 N–H and O–H groups in total. The largest absolute Gasteiger partial charge is 0.462 e.